The lowest BCUT2D eigenvalue weighted by molar-refractivity contribution is 0.134. The van der Waals surface area contributed by atoms with Crippen molar-refractivity contribution < 1.29 is 5.11 Å². The second-order valence-corrected chi connectivity index (χ2v) is 5.29. The summed E-state index contributed by atoms with van der Waals surface area (Å²) in [5, 5.41) is 12.8. The van der Waals surface area contributed by atoms with Gasteiger partial charge in [0.1, 0.15) is 0 Å². The maximum Gasteiger partial charge on any atom is 0.0580 e. The Morgan fingerprint density at radius 3 is 2.58 bits per heavy atom. The Morgan fingerprint density at radius 1 is 1.11 bits per heavy atom. The van der Waals surface area contributed by atoms with Crippen LogP contribution in [0.5, 0.6) is 0 Å². The Balaban J connectivity index is 1.70. The zero-order valence-corrected chi connectivity index (χ0v) is 11.4. The first kappa shape index (κ1) is 14.1. The Kier molecular flexibility index (Phi) is 5.94. The molecule has 1 aliphatic carbocycles. The fourth-order valence-corrected chi connectivity index (χ4v) is 2.78. The highest BCUT2D eigenvalue weighted by Gasteiger charge is 2.23. The van der Waals surface area contributed by atoms with Gasteiger partial charge in [-0.15, -0.1) is 0 Å². The summed E-state index contributed by atoms with van der Waals surface area (Å²) in [6, 6.07) is 10.1. The van der Waals surface area contributed by atoms with Gasteiger partial charge in [0.25, 0.3) is 0 Å². The molecule has 0 aliphatic heterocycles. The van der Waals surface area contributed by atoms with Gasteiger partial charge in [-0.2, -0.15) is 0 Å². The van der Waals surface area contributed by atoms with Crippen LogP contribution in [-0.4, -0.2) is 24.8 Å². The predicted molar refractivity (Wildman–Crippen MR) is 78.7 cm³/mol. The van der Waals surface area contributed by atoms with Crippen LogP contribution in [0.25, 0.3) is 0 Å². The van der Waals surface area contributed by atoms with Gasteiger partial charge in [0.15, 0.2) is 0 Å². The van der Waals surface area contributed by atoms with Gasteiger partial charge in [-0.3, -0.25) is 0 Å². The largest absolute Gasteiger partial charge is 0.396 e. The predicted octanol–water partition coefficient (Wildman–Crippen LogP) is 2.43. The van der Waals surface area contributed by atoms with Crippen molar-refractivity contribution in [1.29, 1.82) is 0 Å². The number of benzene rings is 1. The van der Waals surface area contributed by atoms with Crippen LogP contribution in [-0.2, 0) is 0 Å². The van der Waals surface area contributed by atoms with Crippen LogP contribution in [0.2, 0.25) is 0 Å². The molecule has 0 spiro atoms. The number of hydrogen-bond acceptors (Lipinski definition) is 2. The lowest BCUT2D eigenvalue weighted by atomic mass is 9.79. The number of hydrogen-bond donors (Lipinski definition) is 2. The molecule has 0 aromatic heterocycles. The molecule has 0 radical (unpaired) electrons. The van der Waals surface area contributed by atoms with E-state index in [1.54, 1.807) is 0 Å². The van der Waals surface area contributed by atoms with Gasteiger partial charge in [0, 0.05) is 12.2 Å². The van der Waals surface area contributed by atoms with E-state index in [2.05, 4.69) is 17.2 Å². The fraction of sp³-hybridized carbons (Fsp3) is 0.529. The zero-order chi connectivity index (χ0) is 13.3. The topological polar surface area (TPSA) is 32.3 Å². The van der Waals surface area contributed by atoms with Crippen molar-refractivity contribution in [3.63, 3.8) is 0 Å². The van der Waals surface area contributed by atoms with Crippen molar-refractivity contribution >= 4 is 0 Å². The smallest absolute Gasteiger partial charge is 0.0580 e. The molecular weight excluding hydrogens is 234 g/mol. The molecule has 1 aromatic carbocycles. The third kappa shape index (κ3) is 4.70. The highest BCUT2D eigenvalue weighted by molar-refractivity contribution is 5.33. The summed E-state index contributed by atoms with van der Waals surface area (Å²) < 4.78 is 0. The molecule has 2 unspecified atom stereocenters. The molecule has 2 nitrogen and oxygen atoms in total. The van der Waals surface area contributed by atoms with E-state index >= 15 is 0 Å². The summed E-state index contributed by atoms with van der Waals surface area (Å²) in [6.45, 7) is 2.04. The first-order valence-electron chi connectivity index (χ1n) is 7.25. The molecule has 2 rings (SSSR count). The Morgan fingerprint density at radius 2 is 1.84 bits per heavy atom. The van der Waals surface area contributed by atoms with Gasteiger partial charge >= 0.3 is 0 Å². The van der Waals surface area contributed by atoms with Gasteiger partial charge in [-0.05, 0) is 43.4 Å². The zero-order valence-electron chi connectivity index (χ0n) is 11.4. The Bertz CT molecular complexity index is 418. The summed E-state index contributed by atoms with van der Waals surface area (Å²) in [5.74, 6) is 7.41. The molecule has 102 valence electrons. The lowest BCUT2D eigenvalue weighted by Gasteiger charge is -2.30. The minimum atomic E-state index is 0.335. The van der Waals surface area contributed by atoms with E-state index in [0.29, 0.717) is 18.4 Å². The van der Waals surface area contributed by atoms with Gasteiger partial charge in [-0.1, -0.05) is 42.9 Å². The van der Waals surface area contributed by atoms with Crippen molar-refractivity contribution in [1.82, 2.24) is 5.32 Å². The molecule has 1 saturated carbocycles. The van der Waals surface area contributed by atoms with E-state index in [9.17, 15) is 5.11 Å². The number of rotatable bonds is 4. The molecule has 2 N–H and O–H groups in total. The molecule has 0 saturated heterocycles. The van der Waals surface area contributed by atoms with Crippen LogP contribution in [0, 0.1) is 23.7 Å². The van der Waals surface area contributed by atoms with Crippen LogP contribution in [0.15, 0.2) is 30.3 Å². The molecule has 0 amide bonds. The highest BCUT2D eigenvalue weighted by atomic mass is 16.3. The van der Waals surface area contributed by atoms with Crippen LogP contribution in [0.3, 0.4) is 0 Å². The van der Waals surface area contributed by atoms with E-state index < -0.39 is 0 Å². The van der Waals surface area contributed by atoms with Crippen molar-refractivity contribution in [2.75, 3.05) is 19.7 Å². The fourth-order valence-electron chi connectivity index (χ4n) is 2.78. The van der Waals surface area contributed by atoms with Gasteiger partial charge < -0.3 is 10.4 Å². The van der Waals surface area contributed by atoms with E-state index in [1.807, 2.05) is 30.3 Å². The molecule has 19 heavy (non-hydrogen) atoms. The summed E-state index contributed by atoms with van der Waals surface area (Å²) in [5.41, 5.74) is 1.07. The van der Waals surface area contributed by atoms with E-state index in [0.717, 1.165) is 18.7 Å². The van der Waals surface area contributed by atoms with Gasteiger partial charge in [-0.25, -0.2) is 0 Å². The summed E-state index contributed by atoms with van der Waals surface area (Å²) in [6.07, 6.45) is 5.00. The van der Waals surface area contributed by atoms with Crippen LogP contribution < -0.4 is 5.32 Å². The van der Waals surface area contributed by atoms with Gasteiger partial charge in [0.2, 0.25) is 0 Å². The number of aliphatic hydroxyl groups is 1. The Labute approximate surface area is 116 Å². The second kappa shape index (κ2) is 7.99. The number of aliphatic hydroxyl groups excluding tert-OH is 1. The minimum absolute atomic E-state index is 0.335. The van der Waals surface area contributed by atoms with E-state index in [4.69, 9.17) is 0 Å². The van der Waals surface area contributed by atoms with Gasteiger partial charge in [0.05, 0.1) is 6.54 Å². The first-order valence-corrected chi connectivity index (χ1v) is 7.25. The first-order chi connectivity index (χ1) is 9.40. The molecule has 0 heterocycles. The summed E-state index contributed by atoms with van der Waals surface area (Å²) in [4.78, 5) is 0. The molecule has 1 aliphatic rings. The molecule has 1 fully saturated rings. The quantitative estimate of drug-likeness (QED) is 0.641. The van der Waals surface area contributed by atoms with Crippen molar-refractivity contribution in [2.45, 2.75) is 25.7 Å². The average Bonchev–Trinajstić information content (AvgIpc) is 2.48. The lowest BCUT2D eigenvalue weighted by Crippen LogP contribution is -2.32. The highest BCUT2D eigenvalue weighted by Crippen LogP contribution is 2.28. The van der Waals surface area contributed by atoms with Crippen LogP contribution in [0.1, 0.15) is 31.2 Å². The van der Waals surface area contributed by atoms with E-state index in [-0.39, 0.29) is 0 Å². The minimum Gasteiger partial charge on any atom is -0.396 e. The maximum atomic E-state index is 9.36. The standard InChI is InChI=1S/C17H23NO/c19-14-17-11-5-4-10-16(17)13-18-12-6-9-15-7-2-1-3-8-15/h1-3,7-8,16-19H,4-5,10-14H2. The Hall–Kier alpha value is -1.30. The third-order valence-corrected chi connectivity index (χ3v) is 3.93. The molecule has 1 aromatic rings. The molecule has 0 bridgehead atoms. The van der Waals surface area contributed by atoms with Crippen molar-refractivity contribution in [3.8, 4) is 11.8 Å². The third-order valence-electron chi connectivity index (χ3n) is 3.93. The molecule has 2 heteroatoms. The number of nitrogens with one attached hydrogen (secondary N) is 1. The van der Waals surface area contributed by atoms with Crippen molar-refractivity contribution in [3.05, 3.63) is 35.9 Å². The average molecular weight is 257 g/mol. The van der Waals surface area contributed by atoms with E-state index in [1.165, 1.54) is 25.7 Å². The normalized spacial score (nSPS) is 22.6. The maximum absolute atomic E-state index is 9.36. The van der Waals surface area contributed by atoms with Crippen LogP contribution >= 0.6 is 0 Å². The molecular formula is C17H23NO. The van der Waals surface area contributed by atoms with Crippen LogP contribution in [0.4, 0.5) is 0 Å². The second-order valence-electron chi connectivity index (χ2n) is 5.29. The van der Waals surface area contributed by atoms with Crippen molar-refractivity contribution in [2.24, 2.45) is 11.8 Å². The molecule has 2 atom stereocenters. The SMILES string of the molecule is OCC1CCCCC1CNCC#Cc1ccccc1. The summed E-state index contributed by atoms with van der Waals surface area (Å²) in [7, 11) is 0. The monoisotopic (exact) mass is 257 g/mol. The summed E-state index contributed by atoms with van der Waals surface area (Å²) >= 11 is 0.